The molecule has 3 aliphatic rings. The number of fused-ring (bicyclic) bond motifs is 3. The second kappa shape index (κ2) is 7.30. The fraction of sp³-hybridized carbons (Fsp3) is 0.579. The van der Waals surface area contributed by atoms with Crippen molar-refractivity contribution in [3.8, 4) is 0 Å². The number of benzene rings is 1. The molecule has 0 radical (unpaired) electrons. The molecule has 27 heavy (non-hydrogen) atoms. The number of nitrogens with zero attached hydrogens (tertiary/aromatic N) is 4. The van der Waals surface area contributed by atoms with E-state index in [2.05, 4.69) is 22.0 Å². The number of urea groups is 1. The maximum absolute atomic E-state index is 13.2. The summed E-state index contributed by atoms with van der Waals surface area (Å²) in [5.41, 5.74) is 1.02. The van der Waals surface area contributed by atoms with E-state index in [1.54, 1.807) is 11.9 Å². The van der Waals surface area contributed by atoms with Gasteiger partial charge in [0.1, 0.15) is 18.5 Å². The van der Waals surface area contributed by atoms with Gasteiger partial charge in [-0.15, -0.1) is 0 Å². The predicted octanol–water partition coefficient (Wildman–Crippen LogP) is 2.13. The maximum atomic E-state index is 13.2. The Kier molecular flexibility index (Phi) is 5.01. The van der Waals surface area contributed by atoms with Gasteiger partial charge in [0.25, 0.3) is 5.91 Å². The van der Waals surface area contributed by atoms with Crippen LogP contribution in [-0.4, -0.2) is 71.8 Å². The van der Waals surface area contributed by atoms with Crippen molar-refractivity contribution >= 4 is 29.2 Å². The average Bonchev–Trinajstić information content (AvgIpc) is 3.06. The van der Waals surface area contributed by atoms with E-state index in [1.165, 1.54) is 4.90 Å². The lowest BCUT2D eigenvalue weighted by Gasteiger charge is -2.44. The van der Waals surface area contributed by atoms with E-state index in [0.29, 0.717) is 11.6 Å². The van der Waals surface area contributed by atoms with E-state index in [-0.39, 0.29) is 30.4 Å². The van der Waals surface area contributed by atoms with Crippen LogP contribution < -0.4 is 10.2 Å². The summed E-state index contributed by atoms with van der Waals surface area (Å²) in [4.78, 5) is 33.4. The minimum Gasteiger partial charge on any atom is -0.343 e. The number of carbonyl (C=O) groups is 2. The van der Waals surface area contributed by atoms with Crippen molar-refractivity contribution in [2.24, 2.45) is 0 Å². The van der Waals surface area contributed by atoms with Crippen LogP contribution in [0.5, 0.6) is 0 Å². The number of hydrogen-bond acceptors (Lipinski definition) is 5. The van der Waals surface area contributed by atoms with Crippen molar-refractivity contribution in [2.45, 2.75) is 44.7 Å². The van der Waals surface area contributed by atoms with Crippen molar-refractivity contribution in [2.75, 3.05) is 31.6 Å². The maximum Gasteiger partial charge on any atom is 0.327 e. The van der Waals surface area contributed by atoms with Crippen LogP contribution in [0.2, 0.25) is 5.02 Å². The Morgan fingerprint density at radius 3 is 2.81 bits per heavy atom. The normalized spacial score (nSPS) is 28.6. The number of likely N-dealkylation sites (N-methyl/N-ethyl adjacent to an activating group) is 1. The van der Waals surface area contributed by atoms with Crippen molar-refractivity contribution in [3.05, 3.63) is 29.3 Å². The molecule has 3 saturated heterocycles. The monoisotopic (exact) mass is 391 g/mol. The first-order valence-electron chi connectivity index (χ1n) is 9.65. The second-order valence-electron chi connectivity index (χ2n) is 7.43. The summed E-state index contributed by atoms with van der Waals surface area (Å²) in [6.07, 6.45) is 2.29. The summed E-state index contributed by atoms with van der Waals surface area (Å²) < 4.78 is 0. The number of anilines is 1. The third-order valence-corrected chi connectivity index (χ3v) is 5.98. The number of hydrogen-bond donors (Lipinski definition) is 1. The number of unbranched alkanes of at least 4 members (excludes halogenated alkanes) is 1. The lowest BCUT2D eigenvalue weighted by atomic mass is 10.1. The molecule has 3 unspecified atom stereocenters. The zero-order valence-corrected chi connectivity index (χ0v) is 16.5. The van der Waals surface area contributed by atoms with Gasteiger partial charge in [0, 0.05) is 37.4 Å². The van der Waals surface area contributed by atoms with Crippen LogP contribution in [-0.2, 0) is 4.79 Å². The van der Waals surface area contributed by atoms with Gasteiger partial charge >= 0.3 is 6.03 Å². The Morgan fingerprint density at radius 2 is 2.07 bits per heavy atom. The summed E-state index contributed by atoms with van der Waals surface area (Å²) >= 11 is 6.19. The Bertz CT molecular complexity index is 745. The first-order valence-corrected chi connectivity index (χ1v) is 10.0. The summed E-state index contributed by atoms with van der Waals surface area (Å²) in [5, 5.41) is 4.21. The largest absolute Gasteiger partial charge is 0.343 e. The van der Waals surface area contributed by atoms with Crippen LogP contribution in [0.25, 0.3) is 0 Å². The van der Waals surface area contributed by atoms with Crippen LogP contribution >= 0.6 is 11.6 Å². The van der Waals surface area contributed by atoms with Gasteiger partial charge in [-0.2, -0.15) is 0 Å². The number of carbonyl (C=O) groups excluding carboxylic acids is 2. The van der Waals surface area contributed by atoms with E-state index >= 15 is 0 Å². The average molecular weight is 392 g/mol. The quantitative estimate of drug-likeness (QED) is 0.852. The molecule has 0 saturated carbocycles. The van der Waals surface area contributed by atoms with Gasteiger partial charge in [-0.3, -0.25) is 19.9 Å². The molecule has 0 spiro atoms. The topological polar surface area (TPSA) is 59.1 Å². The first-order chi connectivity index (χ1) is 13.0. The van der Waals surface area contributed by atoms with Gasteiger partial charge in [-0.1, -0.05) is 31.0 Å². The Balaban J connectivity index is 1.63. The number of halogens is 1. The van der Waals surface area contributed by atoms with E-state index in [0.717, 1.165) is 38.0 Å². The summed E-state index contributed by atoms with van der Waals surface area (Å²) in [6, 6.07) is 7.21. The molecule has 146 valence electrons. The van der Waals surface area contributed by atoms with Crippen LogP contribution in [0.15, 0.2) is 24.3 Å². The van der Waals surface area contributed by atoms with E-state index in [9.17, 15) is 9.59 Å². The third-order valence-electron chi connectivity index (χ3n) is 5.74. The van der Waals surface area contributed by atoms with Gasteiger partial charge < -0.3 is 9.80 Å². The molecule has 0 aliphatic carbocycles. The van der Waals surface area contributed by atoms with Gasteiger partial charge in [0.2, 0.25) is 0 Å². The molecule has 8 heteroatoms. The lowest BCUT2D eigenvalue weighted by Crippen LogP contribution is -2.66. The summed E-state index contributed by atoms with van der Waals surface area (Å²) in [6.45, 7) is 4.24. The van der Waals surface area contributed by atoms with Crippen molar-refractivity contribution in [3.63, 3.8) is 0 Å². The van der Waals surface area contributed by atoms with Crippen molar-refractivity contribution in [1.29, 1.82) is 0 Å². The van der Waals surface area contributed by atoms with Gasteiger partial charge in [0.15, 0.2) is 0 Å². The standard InChI is InChI=1S/C19H26ClN5O2/c1-3-4-9-25-17(26)15-16(22(2)19(25)27)21-18-23(10-6-11-24(15)18)14-8-5-7-13(20)12-14/h5,7-8,12,15-16,18,21H,3-4,6,9-11H2,1-2H3. The highest BCUT2D eigenvalue weighted by Gasteiger charge is 2.55. The molecule has 1 aromatic rings. The molecule has 7 nitrogen and oxygen atoms in total. The Morgan fingerprint density at radius 1 is 1.26 bits per heavy atom. The Hall–Kier alpha value is -1.83. The third kappa shape index (κ3) is 3.07. The summed E-state index contributed by atoms with van der Waals surface area (Å²) in [5.74, 6) is -0.0838. The molecule has 1 N–H and O–H groups in total. The molecule has 3 heterocycles. The number of nitrogens with one attached hydrogen (secondary N) is 1. The molecule has 4 rings (SSSR count). The molecular formula is C19H26ClN5O2. The Labute approximate surface area is 164 Å². The number of imide groups is 1. The molecule has 3 amide bonds. The smallest absolute Gasteiger partial charge is 0.327 e. The van der Waals surface area contributed by atoms with Crippen LogP contribution in [0.1, 0.15) is 26.2 Å². The number of amides is 3. The molecule has 3 aliphatic heterocycles. The SMILES string of the molecule is CCCCN1C(=O)C2C(NC3N(c4cccc(Cl)c4)CCCN23)N(C)C1=O. The minimum absolute atomic E-state index is 0.0838. The second-order valence-corrected chi connectivity index (χ2v) is 7.87. The van der Waals surface area contributed by atoms with Crippen molar-refractivity contribution in [1.82, 2.24) is 20.0 Å². The zero-order chi connectivity index (χ0) is 19.1. The molecule has 0 aromatic heterocycles. The molecule has 3 fully saturated rings. The lowest BCUT2D eigenvalue weighted by molar-refractivity contribution is -0.138. The van der Waals surface area contributed by atoms with E-state index in [1.807, 2.05) is 24.3 Å². The highest BCUT2D eigenvalue weighted by molar-refractivity contribution is 6.30. The molecule has 0 bridgehead atoms. The minimum atomic E-state index is -0.350. The highest BCUT2D eigenvalue weighted by atomic mass is 35.5. The van der Waals surface area contributed by atoms with Gasteiger partial charge in [-0.05, 0) is 31.0 Å². The molecule has 1 aromatic carbocycles. The predicted molar refractivity (Wildman–Crippen MR) is 104 cm³/mol. The van der Waals surface area contributed by atoms with E-state index in [4.69, 9.17) is 11.6 Å². The van der Waals surface area contributed by atoms with Crippen LogP contribution in [0.3, 0.4) is 0 Å². The van der Waals surface area contributed by atoms with Crippen molar-refractivity contribution < 1.29 is 9.59 Å². The van der Waals surface area contributed by atoms with Crippen LogP contribution in [0, 0.1) is 0 Å². The number of rotatable bonds is 4. The molecular weight excluding hydrogens is 366 g/mol. The molecule has 3 atom stereocenters. The van der Waals surface area contributed by atoms with Gasteiger partial charge in [0.05, 0.1) is 0 Å². The summed E-state index contributed by atoms with van der Waals surface area (Å²) in [7, 11) is 1.78. The van der Waals surface area contributed by atoms with Gasteiger partial charge in [-0.25, -0.2) is 4.79 Å². The first kappa shape index (κ1) is 18.5. The fourth-order valence-corrected chi connectivity index (χ4v) is 4.54. The zero-order valence-electron chi connectivity index (χ0n) is 15.8. The highest BCUT2D eigenvalue weighted by Crippen LogP contribution is 2.33. The fourth-order valence-electron chi connectivity index (χ4n) is 4.36. The van der Waals surface area contributed by atoms with Crippen LogP contribution in [0.4, 0.5) is 10.5 Å². The van der Waals surface area contributed by atoms with E-state index < -0.39 is 0 Å².